The summed E-state index contributed by atoms with van der Waals surface area (Å²) in [6.45, 7) is 4.24. The Morgan fingerprint density at radius 3 is 2.72 bits per heavy atom. The van der Waals surface area contributed by atoms with Crippen molar-refractivity contribution < 1.29 is 0 Å². The highest BCUT2D eigenvalue weighted by Crippen LogP contribution is 2.21. The van der Waals surface area contributed by atoms with Crippen LogP contribution in [0, 0.1) is 6.92 Å². The lowest BCUT2D eigenvalue weighted by atomic mass is 10.2. The molecule has 1 aromatic heterocycles. The number of hydrogen-bond acceptors (Lipinski definition) is 4. The third-order valence-corrected chi connectivity index (χ3v) is 4.83. The molecule has 1 aliphatic carbocycles. The molecule has 2 rings (SSSR count). The Balaban J connectivity index is 1.83. The van der Waals surface area contributed by atoms with E-state index in [1.54, 1.807) is 0 Å². The van der Waals surface area contributed by atoms with Crippen LogP contribution in [0.25, 0.3) is 0 Å². The minimum Gasteiger partial charge on any atom is -0.309 e. The molecule has 1 N–H and O–H groups in total. The van der Waals surface area contributed by atoms with Crippen LogP contribution in [0.3, 0.4) is 0 Å². The van der Waals surface area contributed by atoms with Gasteiger partial charge in [0.15, 0.2) is 0 Å². The zero-order valence-electron chi connectivity index (χ0n) is 11.8. The molecule has 0 aromatic carbocycles. The number of hydrogen-bond donors (Lipinski definition) is 1. The summed E-state index contributed by atoms with van der Waals surface area (Å²) in [6.07, 6.45) is 6.57. The predicted octanol–water partition coefficient (Wildman–Crippen LogP) is 2.59. The maximum atomic E-state index is 4.68. The monoisotopic (exact) mass is 267 g/mol. The van der Waals surface area contributed by atoms with Gasteiger partial charge >= 0.3 is 0 Å². The van der Waals surface area contributed by atoms with Gasteiger partial charge in [-0.15, -0.1) is 11.3 Å². The zero-order valence-corrected chi connectivity index (χ0v) is 12.6. The second-order valence-corrected chi connectivity index (χ2v) is 6.70. The fourth-order valence-electron chi connectivity index (χ4n) is 2.45. The largest absolute Gasteiger partial charge is 0.309 e. The molecular formula is C14H25N3S. The summed E-state index contributed by atoms with van der Waals surface area (Å²) in [5.74, 6) is 0. The molecule has 0 amide bonds. The molecule has 0 spiro atoms. The van der Waals surface area contributed by atoms with Crippen molar-refractivity contribution in [1.29, 1.82) is 0 Å². The number of likely N-dealkylation sites (N-methyl/N-ethyl adjacent to an activating group) is 1. The lowest BCUT2D eigenvalue weighted by Crippen LogP contribution is -2.25. The molecule has 0 bridgehead atoms. The van der Waals surface area contributed by atoms with Gasteiger partial charge in [-0.2, -0.15) is 0 Å². The van der Waals surface area contributed by atoms with Gasteiger partial charge in [0.05, 0.1) is 10.7 Å². The molecule has 0 saturated heterocycles. The Hall–Kier alpha value is -0.450. The van der Waals surface area contributed by atoms with E-state index in [1.165, 1.54) is 41.3 Å². The van der Waals surface area contributed by atoms with Crippen molar-refractivity contribution in [3.63, 3.8) is 0 Å². The van der Waals surface area contributed by atoms with E-state index in [4.69, 9.17) is 0 Å². The average molecular weight is 267 g/mol. The van der Waals surface area contributed by atoms with Gasteiger partial charge < -0.3 is 10.2 Å². The molecule has 0 aliphatic heterocycles. The van der Waals surface area contributed by atoms with Crippen molar-refractivity contribution in [2.45, 2.75) is 51.6 Å². The van der Waals surface area contributed by atoms with E-state index in [0.717, 1.165) is 25.6 Å². The fourth-order valence-corrected chi connectivity index (χ4v) is 3.45. The number of thiazole rings is 1. The molecular weight excluding hydrogens is 242 g/mol. The van der Waals surface area contributed by atoms with Crippen molar-refractivity contribution in [1.82, 2.24) is 15.2 Å². The molecule has 4 heteroatoms. The van der Waals surface area contributed by atoms with Gasteiger partial charge in [-0.25, -0.2) is 4.98 Å². The van der Waals surface area contributed by atoms with Crippen LogP contribution in [-0.4, -0.2) is 36.6 Å². The lowest BCUT2D eigenvalue weighted by Gasteiger charge is -2.10. The van der Waals surface area contributed by atoms with E-state index in [0.29, 0.717) is 0 Å². The Morgan fingerprint density at radius 1 is 1.33 bits per heavy atom. The van der Waals surface area contributed by atoms with Crippen LogP contribution in [0.1, 0.15) is 41.3 Å². The zero-order chi connectivity index (χ0) is 13.0. The maximum absolute atomic E-state index is 4.68. The van der Waals surface area contributed by atoms with Crippen LogP contribution in [0.4, 0.5) is 0 Å². The number of nitrogens with one attached hydrogen (secondary N) is 1. The molecule has 0 radical (unpaired) electrons. The molecule has 0 atom stereocenters. The normalized spacial score (nSPS) is 16.9. The summed E-state index contributed by atoms with van der Waals surface area (Å²) in [7, 11) is 4.23. The fraction of sp³-hybridized carbons (Fsp3) is 0.786. The van der Waals surface area contributed by atoms with Crippen molar-refractivity contribution in [2.75, 3.05) is 20.6 Å². The number of nitrogens with zero attached hydrogens (tertiary/aromatic N) is 2. The third-order valence-electron chi connectivity index (χ3n) is 3.62. The molecule has 3 nitrogen and oxygen atoms in total. The minimum absolute atomic E-state index is 0.747. The second-order valence-electron chi connectivity index (χ2n) is 5.53. The number of rotatable bonds is 6. The second kappa shape index (κ2) is 6.64. The number of aromatic nitrogens is 1. The molecule has 1 saturated carbocycles. The summed E-state index contributed by atoms with van der Waals surface area (Å²) in [4.78, 5) is 8.32. The first-order valence-electron chi connectivity index (χ1n) is 6.98. The summed E-state index contributed by atoms with van der Waals surface area (Å²) in [5, 5.41) is 4.96. The maximum Gasteiger partial charge on any atom is 0.0944 e. The van der Waals surface area contributed by atoms with E-state index < -0.39 is 0 Å². The van der Waals surface area contributed by atoms with Crippen LogP contribution in [0.5, 0.6) is 0 Å². The van der Waals surface area contributed by atoms with E-state index in [-0.39, 0.29) is 0 Å². The lowest BCUT2D eigenvalue weighted by molar-refractivity contribution is 0.413. The summed E-state index contributed by atoms with van der Waals surface area (Å²) < 4.78 is 0. The minimum atomic E-state index is 0.747. The van der Waals surface area contributed by atoms with E-state index >= 15 is 0 Å². The average Bonchev–Trinajstić information content (AvgIpc) is 2.93. The molecule has 1 aromatic rings. The standard InChI is InChI=1S/C14H25N3S/c1-11-13(10-15-12-6-4-5-7-12)18-14(16-11)8-9-17(2)3/h12,15H,4-10H2,1-3H3. The van der Waals surface area contributed by atoms with E-state index in [2.05, 4.69) is 36.2 Å². The van der Waals surface area contributed by atoms with Gasteiger partial charge in [0, 0.05) is 30.4 Å². The van der Waals surface area contributed by atoms with Gasteiger partial charge in [0.1, 0.15) is 0 Å². The first kappa shape index (κ1) is 14.0. The quantitative estimate of drug-likeness (QED) is 0.858. The summed E-state index contributed by atoms with van der Waals surface area (Å²) in [6, 6.07) is 0.747. The predicted molar refractivity (Wildman–Crippen MR) is 78.2 cm³/mol. The third kappa shape index (κ3) is 4.04. The Morgan fingerprint density at radius 2 is 2.06 bits per heavy atom. The van der Waals surface area contributed by atoms with Crippen LogP contribution >= 0.6 is 11.3 Å². The van der Waals surface area contributed by atoms with Crippen molar-refractivity contribution in [3.05, 3.63) is 15.6 Å². The first-order valence-corrected chi connectivity index (χ1v) is 7.80. The molecule has 1 heterocycles. The SMILES string of the molecule is Cc1nc(CCN(C)C)sc1CNC1CCCC1. The first-order chi connectivity index (χ1) is 8.65. The van der Waals surface area contributed by atoms with Crippen molar-refractivity contribution in [3.8, 4) is 0 Å². The van der Waals surface area contributed by atoms with Gasteiger partial charge in [-0.3, -0.25) is 0 Å². The van der Waals surface area contributed by atoms with E-state index in [9.17, 15) is 0 Å². The smallest absolute Gasteiger partial charge is 0.0944 e. The van der Waals surface area contributed by atoms with Gasteiger partial charge in [-0.1, -0.05) is 12.8 Å². The van der Waals surface area contributed by atoms with Gasteiger partial charge in [0.25, 0.3) is 0 Å². The summed E-state index contributed by atoms with van der Waals surface area (Å²) >= 11 is 1.88. The highest BCUT2D eigenvalue weighted by Gasteiger charge is 2.15. The van der Waals surface area contributed by atoms with Crippen LogP contribution in [0.15, 0.2) is 0 Å². The Bertz CT molecular complexity index is 367. The van der Waals surface area contributed by atoms with E-state index in [1.807, 2.05) is 11.3 Å². The Labute approximate surface area is 115 Å². The molecule has 1 fully saturated rings. The van der Waals surface area contributed by atoms with Gasteiger partial charge in [0.2, 0.25) is 0 Å². The van der Waals surface area contributed by atoms with Crippen LogP contribution < -0.4 is 5.32 Å². The van der Waals surface area contributed by atoms with Crippen molar-refractivity contribution >= 4 is 11.3 Å². The number of aryl methyl sites for hydroxylation is 1. The van der Waals surface area contributed by atoms with Crippen LogP contribution in [-0.2, 0) is 13.0 Å². The highest BCUT2D eigenvalue weighted by atomic mass is 32.1. The molecule has 102 valence electrons. The molecule has 1 aliphatic rings. The van der Waals surface area contributed by atoms with Gasteiger partial charge in [-0.05, 0) is 33.9 Å². The van der Waals surface area contributed by atoms with Crippen molar-refractivity contribution in [2.24, 2.45) is 0 Å². The topological polar surface area (TPSA) is 28.2 Å². The molecule has 18 heavy (non-hydrogen) atoms. The Kier molecular flexibility index (Phi) is 5.15. The highest BCUT2D eigenvalue weighted by molar-refractivity contribution is 7.11. The molecule has 0 unspecified atom stereocenters. The van der Waals surface area contributed by atoms with Crippen LogP contribution in [0.2, 0.25) is 0 Å². The summed E-state index contributed by atoms with van der Waals surface area (Å²) in [5.41, 5.74) is 1.22.